The minimum absolute atomic E-state index is 0.140. The summed E-state index contributed by atoms with van der Waals surface area (Å²) in [5.41, 5.74) is 0.534. The Morgan fingerprint density at radius 1 is 1.69 bits per heavy atom. The molecular formula is C11H13BrN2O2. The van der Waals surface area contributed by atoms with Crippen molar-refractivity contribution in [2.75, 3.05) is 13.2 Å². The summed E-state index contributed by atoms with van der Waals surface area (Å²) in [6, 6.07) is 3.44. The van der Waals surface area contributed by atoms with Crippen molar-refractivity contribution in [2.45, 2.75) is 6.42 Å². The number of amides is 1. The maximum absolute atomic E-state index is 11.7. The van der Waals surface area contributed by atoms with Crippen molar-refractivity contribution in [3.8, 4) is 0 Å². The highest BCUT2D eigenvalue weighted by molar-refractivity contribution is 9.10. The van der Waals surface area contributed by atoms with E-state index >= 15 is 0 Å². The maximum Gasteiger partial charge on any atom is 0.254 e. The molecule has 0 aliphatic heterocycles. The van der Waals surface area contributed by atoms with Crippen LogP contribution in [0.2, 0.25) is 0 Å². The van der Waals surface area contributed by atoms with Crippen molar-refractivity contribution in [3.05, 3.63) is 41.3 Å². The molecule has 0 aliphatic rings. The molecule has 16 heavy (non-hydrogen) atoms. The molecule has 1 rings (SSSR count). The molecule has 0 saturated carbocycles. The van der Waals surface area contributed by atoms with Gasteiger partial charge in [0.15, 0.2) is 0 Å². The molecule has 0 fully saturated rings. The summed E-state index contributed by atoms with van der Waals surface area (Å²) >= 11 is 3.22. The van der Waals surface area contributed by atoms with Crippen molar-refractivity contribution in [3.63, 3.8) is 0 Å². The van der Waals surface area contributed by atoms with Crippen LogP contribution in [0.5, 0.6) is 0 Å². The van der Waals surface area contributed by atoms with Crippen molar-refractivity contribution in [2.24, 2.45) is 0 Å². The first-order valence-electron chi connectivity index (χ1n) is 4.87. The summed E-state index contributed by atoms with van der Waals surface area (Å²) in [6.07, 6.45) is 3.76. The molecule has 1 aromatic rings. The number of ether oxygens (including phenoxy) is 1. The molecule has 5 heteroatoms. The number of rotatable bonds is 6. The van der Waals surface area contributed by atoms with Crippen LogP contribution in [0, 0.1) is 0 Å². The van der Waals surface area contributed by atoms with Gasteiger partial charge in [0.05, 0.1) is 18.4 Å². The minimum atomic E-state index is -0.140. The highest BCUT2D eigenvalue weighted by atomic mass is 79.9. The van der Waals surface area contributed by atoms with Gasteiger partial charge in [-0.3, -0.25) is 4.79 Å². The molecule has 0 bridgehead atoms. The van der Waals surface area contributed by atoms with Gasteiger partial charge in [-0.2, -0.15) is 0 Å². The average molecular weight is 285 g/mol. The van der Waals surface area contributed by atoms with Crippen LogP contribution in [0.1, 0.15) is 16.8 Å². The Labute approximate surface area is 103 Å². The number of carbonyl (C=O) groups is 1. The first-order valence-corrected chi connectivity index (χ1v) is 5.66. The Morgan fingerprint density at radius 2 is 2.50 bits per heavy atom. The van der Waals surface area contributed by atoms with E-state index in [2.05, 4.69) is 32.8 Å². The van der Waals surface area contributed by atoms with Crippen LogP contribution in [0.3, 0.4) is 0 Å². The van der Waals surface area contributed by atoms with Crippen molar-refractivity contribution < 1.29 is 9.53 Å². The predicted molar refractivity (Wildman–Crippen MR) is 65.0 cm³/mol. The van der Waals surface area contributed by atoms with Crippen LogP contribution in [-0.2, 0) is 4.74 Å². The topological polar surface area (TPSA) is 51.2 Å². The van der Waals surface area contributed by atoms with E-state index in [9.17, 15) is 4.79 Å². The predicted octanol–water partition coefficient (Wildman–Crippen LogP) is 2.12. The lowest BCUT2D eigenvalue weighted by Crippen LogP contribution is -2.25. The molecule has 4 nitrogen and oxygen atoms in total. The van der Waals surface area contributed by atoms with Gasteiger partial charge in [0, 0.05) is 12.7 Å². The van der Waals surface area contributed by atoms with E-state index in [0.29, 0.717) is 23.3 Å². The second-order valence-corrected chi connectivity index (χ2v) is 3.74. The van der Waals surface area contributed by atoms with Gasteiger partial charge in [0.2, 0.25) is 0 Å². The normalized spacial score (nSPS) is 9.56. The van der Waals surface area contributed by atoms with Gasteiger partial charge in [-0.15, -0.1) is 0 Å². The second kappa shape index (κ2) is 7.00. The van der Waals surface area contributed by atoms with Crippen LogP contribution in [0.15, 0.2) is 35.8 Å². The van der Waals surface area contributed by atoms with Gasteiger partial charge in [0.25, 0.3) is 5.91 Å². The molecule has 0 saturated heterocycles. The van der Waals surface area contributed by atoms with Crippen LogP contribution in [0.25, 0.3) is 0 Å². The summed E-state index contributed by atoms with van der Waals surface area (Å²) in [7, 11) is 0. The third-order valence-corrected chi connectivity index (χ3v) is 2.48. The Hall–Kier alpha value is -1.36. The van der Waals surface area contributed by atoms with Gasteiger partial charge < -0.3 is 10.1 Å². The zero-order valence-corrected chi connectivity index (χ0v) is 10.4. The van der Waals surface area contributed by atoms with Gasteiger partial charge in [-0.1, -0.05) is 6.58 Å². The molecule has 1 N–H and O–H groups in total. The summed E-state index contributed by atoms with van der Waals surface area (Å²) in [5.74, 6) is -0.140. The van der Waals surface area contributed by atoms with Gasteiger partial charge in [-0.05, 0) is 34.5 Å². The van der Waals surface area contributed by atoms with Crippen LogP contribution in [0.4, 0.5) is 0 Å². The number of pyridine rings is 1. The molecule has 0 aliphatic carbocycles. The van der Waals surface area contributed by atoms with E-state index < -0.39 is 0 Å². The molecule has 0 spiro atoms. The standard InChI is InChI=1S/C11H13BrN2O2/c1-2-16-8-4-7-14-11(15)9-5-3-6-13-10(9)12/h2-3,5-6H,1,4,7-8H2,(H,14,15). The Morgan fingerprint density at radius 3 is 3.19 bits per heavy atom. The molecule has 1 aromatic heterocycles. The smallest absolute Gasteiger partial charge is 0.254 e. The number of hydrogen-bond donors (Lipinski definition) is 1. The van der Waals surface area contributed by atoms with E-state index in [-0.39, 0.29) is 5.91 Å². The molecule has 0 radical (unpaired) electrons. The summed E-state index contributed by atoms with van der Waals surface area (Å²) in [6.45, 7) is 4.55. The van der Waals surface area contributed by atoms with Gasteiger partial charge in [-0.25, -0.2) is 4.98 Å². The van der Waals surface area contributed by atoms with Gasteiger partial charge >= 0.3 is 0 Å². The van der Waals surface area contributed by atoms with Crippen molar-refractivity contribution in [1.82, 2.24) is 10.3 Å². The van der Waals surface area contributed by atoms with Crippen LogP contribution < -0.4 is 5.32 Å². The second-order valence-electron chi connectivity index (χ2n) is 2.99. The number of nitrogens with zero attached hydrogens (tertiary/aromatic N) is 1. The molecule has 0 atom stereocenters. The lowest BCUT2D eigenvalue weighted by atomic mass is 10.2. The zero-order chi connectivity index (χ0) is 11.8. The van der Waals surface area contributed by atoms with Crippen LogP contribution >= 0.6 is 15.9 Å². The van der Waals surface area contributed by atoms with E-state index in [0.717, 1.165) is 6.42 Å². The minimum Gasteiger partial charge on any atom is -0.502 e. The summed E-state index contributed by atoms with van der Waals surface area (Å²) in [4.78, 5) is 15.6. The Kier molecular flexibility index (Phi) is 5.56. The molecule has 0 unspecified atom stereocenters. The number of nitrogens with one attached hydrogen (secondary N) is 1. The maximum atomic E-state index is 11.7. The Balaban J connectivity index is 2.36. The van der Waals surface area contributed by atoms with E-state index in [1.165, 1.54) is 6.26 Å². The lowest BCUT2D eigenvalue weighted by molar-refractivity contribution is 0.0949. The monoisotopic (exact) mass is 284 g/mol. The number of hydrogen-bond acceptors (Lipinski definition) is 3. The molecule has 0 aromatic carbocycles. The number of carbonyl (C=O) groups excluding carboxylic acids is 1. The Bertz CT molecular complexity index is 369. The summed E-state index contributed by atoms with van der Waals surface area (Å²) in [5, 5.41) is 2.78. The van der Waals surface area contributed by atoms with E-state index in [1.807, 2.05) is 0 Å². The van der Waals surface area contributed by atoms with Crippen molar-refractivity contribution in [1.29, 1.82) is 0 Å². The first-order chi connectivity index (χ1) is 7.75. The highest BCUT2D eigenvalue weighted by Gasteiger charge is 2.08. The molecule has 1 amide bonds. The quantitative estimate of drug-likeness (QED) is 0.495. The molecular weight excluding hydrogens is 272 g/mol. The SMILES string of the molecule is C=COCCCNC(=O)c1cccnc1Br. The number of halogens is 1. The number of aromatic nitrogens is 1. The first kappa shape index (κ1) is 12.7. The summed E-state index contributed by atoms with van der Waals surface area (Å²) < 4.78 is 5.49. The van der Waals surface area contributed by atoms with Crippen LogP contribution in [-0.4, -0.2) is 24.0 Å². The fraction of sp³-hybridized carbons (Fsp3) is 0.273. The van der Waals surface area contributed by atoms with Gasteiger partial charge in [0.1, 0.15) is 4.60 Å². The zero-order valence-electron chi connectivity index (χ0n) is 8.78. The highest BCUT2D eigenvalue weighted by Crippen LogP contribution is 2.11. The van der Waals surface area contributed by atoms with E-state index in [4.69, 9.17) is 4.74 Å². The fourth-order valence-electron chi connectivity index (χ4n) is 1.09. The van der Waals surface area contributed by atoms with E-state index in [1.54, 1.807) is 18.3 Å². The fourth-order valence-corrected chi connectivity index (χ4v) is 1.52. The molecule has 1 heterocycles. The van der Waals surface area contributed by atoms with Crippen molar-refractivity contribution >= 4 is 21.8 Å². The lowest BCUT2D eigenvalue weighted by Gasteiger charge is -2.05. The average Bonchev–Trinajstić information content (AvgIpc) is 2.29. The largest absolute Gasteiger partial charge is 0.502 e. The third-order valence-electron chi connectivity index (χ3n) is 1.85. The molecule has 86 valence electrons. The third kappa shape index (κ3) is 4.02.